The zero-order valence-corrected chi connectivity index (χ0v) is 10.6. The van der Waals surface area contributed by atoms with Crippen LogP contribution >= 0.6 is 0 Å². The van der Waals surface area contributed by atoms with Crippen molar-refractivity contribution in [3.8, 4) is 0 Å². The predicted octanol–water partition coefficient (Wildman–Crippen LogP) is 2.70. The van der Waals surface area contributed by atoms with Crippen molar-refractivity contribution < 1.29 is 0 Å². The van der Waals surface area contributed by atoms with Crippen molar-refractivity contribution in [1.29, 1.82) is 0 Å². The van der Waals surface area contributed by atoms with Crippen LogP contribution in [-0.2, 0) is 6.54 Å². The van der Waals surface area contributed by atoms with E-state index in [0.29, 0.717) is 0 Å². The van der Waals surface area contributed by atoms with Gasteiger partial charge in [0.2, 0.25) is 0 Å². The van der Waals surface area contributed by atoms with Crippen LogP contribution in [-0.4, -0.2) is 19.6 Å². The first-order chi connectivity index (χ1) is 7.72. The van der Waals surface area contributed by atoms with Gasteiger partial charge in [0.25, 0.3) is 0 Å². The molecule has 1 aliphatic rings. The molecule has 0 spiro atoms. The van der Waals surface area contributed by atoms with E-state index in [9.17, 15) is 0 Å². The minimum Gasteiger partial charge on any atom is -0.372 e. The highest BCUT2D eigenvalue weighted by atomic mass is 15.2. The molecular formula is C14H22N2. The van der Waals surface area contributed by atoms with Crippen molar-refractivity contribution >= 4 is 5.69 Å². The molecule has 1 aliphatic carbocycles. The van der Waals surface area contributed by atoms with Gasteiger partial charge >= 0.3 is 0 Å². The number of hydrogen-bond donors (Lipinski definition) is 1. The van der Waals surface area contributed by atoms with Gasteiger partial charge in [-0.25, -0.2) is 0 Å². The molecule has 0 unspecified atom stereocenters. The van der Waals surface area contributed by atoms with Gasteiger partial charge in [-0.3, -0.25) is 0 Å². The van der Waals surface area contributed by atoms with Gasteiger partial charge in [-0.15, -0.1) is 0 Å². The molecule has 2 nitrogen and oxygen atoms in total. The third kappa shape index (κ3) is 2.56. The third-order valence-electron chi connectivity index (χ3n) is 3.39. The molecule has 1 fully saturated rings. The van der Waals surface area contributed by atoms with Gasteiger partial charge in [0.15, 0.2) is 0 Å². The summed E-state index contributed by atoms with van der Waals surface area (Å²) >= 11 is 0. The fraction of sp³-hybridized carbons (Fsp3) is 0.571. The van der Waals surface area contributed by atoms with E-state index in [-0.39, 0.29) is 0 Å². The maximum absolute atomic E-state index is 3.38. The van der Waals surface area contributed by atoms with Crippen LogP contribution in [0.5, 0.6) is 0 Å². The van der Waals surface area contributed by atoms with E-state index in [0.717, 1.165) is 19.1 Å². The summed E-state index contributed by atoms with van der Waals surface area (Å²) in [6.45, 7) is 6.36. The van der Waals surface area contributed by atoms with E-state index in [1.165, 1.54) is 29.7 Å². The topological polar surface area (TPSA) is 15.3 Å². The zero-order chi connectivity index (χ0) is 11.5. The largest absolute Gasteiger partial charge is 0.372 e. The number of benzene rings is 1. The van der Waals surface area contributed by atoms with Crippen molar-refractivity contribution in [3.05, 3.63) is 29.3 Å². The summed E-state index contributed by atoms with van der Waals surface area (Å²) in [5, 5.41) is 3.38. The Balaban J connectivity index is 2.08. The summed E-state index contributed by atoms with van der Waals surface area (Å²) < 4.78 is 0. The Morgan fingerprint density at radius 1 is 1.38 bits per heavy atom. The first kappa shape index (κ1) is 11.5. The molecule has 88 valence electrons. The lowest BCUT2D eigenvalue weighted by atomic mass is 10.1. The maximum atomic E-state index is 3.38. The van der Waals surface area contributed by atoms with Crippen molar-refractivity contribution in [3.63, 3.8) is 0 Å². The smallest absolute Gasteiger partial charge is 0.0368 e. The third-order valence-corrected chi connectivity index (χ3v) is 3.39. The summed E-state index contributed by atoms with van der Waals surface area (Å²) in [7, 11) is 2.20. The highest BCUT2D eigenvalue weighted by molar-refractivity contribution is 5.51. The molecule has 0 aliphatic heterocycles. The molecule has 0 aromatic heterocycles. The minimum atomic E-state index is 0.791. The second kappa shape index (κ2) is 4.88. The van der Waals surface area contributed by atoms with Crippen LogP contribution in [0.4, 0.5) is 5.69 Å². The molecule has 1 aromatic carbocycles. The van der Waals surface area contributed by atoms with Gasteiger partial charge in [-0.05, 0) is 49.6 Å². The summed E-state index contributed by atoms with van der Waals surface area (Å²) in [6, 6.07) is 7.61. The average Bonchev–Trinajstić information content (AvgIpc) is 3.10. The number of nitrogens with zero attached hydrogens (tertiary/aromatic N) is 1. The summed E-state index contributed by atoms with van der Waals surface area (Å²) in [6.07, 6.45) is 2.71. The van der Waals surface area contributed by atoms with Gasteiger partial charge in [0, 0.05) is 25.3 Å². The highest BCUT2D eigenvalue weighted by Gasteiger charge is 2.26. The molecule has 0 saturated heterocycles. The Morgan fingerprint density at radius 2 is 2.12 bits per heavy atom. The van der Waals surface area contributed by atoms with Crippen LogP contribution < -0.4 is 10.2 Å². The first-order valence-electron chi connectivity index (χ1n) is 6.25. The van der Waals surface area contributed by atoms with E-state index >= 15 is 0 Å². The molecule has 0 amide bonds. The Morgan fingerprint density at radius 3 is 2.69 bits per heavy atom. The van der Waals surface area contributed by atoms with Gasteiger partial charge in [0.1, 0.15) is 0 Å². The molecule has 0 bridgehead atoms. The molecule has 1 saturated carbocycles. The van der Waals surface area contributed by atoms with Crippen LogP contribution in [0.25, 0.3) is 0 Å². The lowest BCUT2D eigenvalue weighted by molar-refractivity contribution is 0.723. The van der Waals surface area contributed by atoms with E-state index in [1.807, 2.05) is 0 Å². The number of nitrogens with one attached hydrogen (secondary N) is 1. The molecule has 0 radical (unpaired) electrons. The van der Waals surface area contributed by atoms with Gasteiger partial charge in [-0.1, -0.05) is 13.0 Å². The molecule has 0 heterocycles. The van der Waals surface area contributed by atoms with Crippen LogP contribution in [0.1, 0.15) is 30.9 Å². The normalized spacial score (nSPS) is 15.2. The summed E-state index contributed by atoms with van der Waals surface area (Å²) in [5.74, 6) is 0. The van der Waals surface area contributed by atoms with Crippen LogP contribution in [0.15, 0.2) is 18.2 Å². The molecule has 0 atom stereocenters. The molecule has 1 aromatic rings. The van der Waals surface area contributed by atoms with Crippen molar-refractivity contribution in [2.75, 3.05) is 18.5 Å². The zero-order valence-electron chi connectivity index (χ0n) is 10.6. The Kier molecular flexibility index (Phi) is 3.49. The molecule has 2 rings (SSSR count). The lowest BCUT2D eigenvalue weighted by Gasteiger charge is -2.20. The average molecular weight is 218 g/mol. The molecule has 16 heavy (non-hydrogen) atoms. The van der Waals surface area contributed by atoms with Crippen LogP contribution in [0.2, 0.25) is 0 Å². The van der Waals surface area contributed by atoms with E-state index in [1.54, 1.807) is 0 Å². The maximum Gasteiger partial charge on any atom is 0.0368 e. The number of aryl methyl sites for hydroxylation is 1. The molecule has 2 heteroatoms. The SMILES string of the molecule is CCNCc1ccc(N(C)C2CC2)cc1C. The minimum absolute atomic E-state index is 0.791. The van der Waals surface area contributed by atoms with E-state index in [4.69, 9.17) is 0 Å². The van der Waals surface area contributed by atoms with Crippen molar-refractivity contribution in [2.24, 2.45) is 0 Å². The van der Waals surface area contributed by atoms with Gasteiger partial charge < -0.3 is 10.2 Å². The quantitative estimate of drug-likeness (QED) is 0.817. The van der Waals surface area contributed by atoms with Crippen molar-refractivity contribution in [1.82, 2.24) is 5.32 Å². The fourth-order valence-corrected chi connectivity index (χ4v) is 2.03. The van der Waals surface area contributed by atoms with Crippen LogP contribution in [0.3, 0.4) is 0 Å². The van der Waals surface area contributed by atoms with E-state index < -0.39 is 0 Å². The monoisotopic (exact) mass is 218 g/mol. The highest BCUT2D eigenvalue weighted by Crippen LogP contribution is 2.30. The first-order valence-corrected chi connectivity index (χ1v) is 6.25. The number of hydrogen-bond acceptors (Lipinski definition) is 2. The Labute approximate surface area is 98.7 Å². The lowest BCUT2D eigenvalue weighted by Crippen LogP contribution is -2.19. The molecule has 1 N–H and O–H groups in total. The number of rotatable bonds is 5. The van der Waals surface area contributed by atoms with Crippen LogP contribution in [0, 0.1) is 6.92 Å². The molecular weight excluding hydrogens is 196 g/mol. The van der Waals surface area contributed by atoms with E-state index in [2.05, 4.69) is 49.3 Å². The second-order valence-corrected chi connectivity index (χ2v) is 4.73. The second-order valence-electron chi connectivity index (χ2n) is 4.73. The Bertz CT molecular complexity index is 356. The predicted molar refractivity (Wildman–Crippen MR) is 70.0 cm³/mol. The Hall–Kier alpha value is -1.02. The fourth-order valence-electron chi connectivity index (χ4n) is 2.03. The standard InChI is InChI=1S/C14H22N2/c1-4-15-10-12-5-6-14(9-11(12)2)16(3)13-7-8-13/h5-6,9,13,15H,4,7-8,10H2,1-3H3. The van der Waals surface area contributed by atoms with Gasteiger partial charge in [-0.2, -0.15) is 0 Å². The number of anilines is 1. The summed E-state index contributed by atoms with van der Waals surface area (Å²) in [5.41, 5.74) is 4.17. The van der Waals surface area contributed by atoms with Gasteiger partial charge in [0.05, 0.1) is 0 Å². The summed E-state index contributed by atoms with van der Waals surface area (Å²) in [4.78, 5) is 2.41. The van der Waals surface area contributed by atoms with Crippen molar-refractivity contribution in [2.45, 2.75) is 39.3 Å².